The Bertz CT molecular complexity index is 1360. The molecule has 2 rings (SSSR count). The third-order valence-corrected chi connectivity index (χ3v) is 9.00. The molecule has 322 valence electrons. The predicted octanol–water partition coefficient (Wildman–Crippen LogP) is 8.94. The third kappa shape index (κ3) is 24.9. The van der Waals surface area contributed by atoms with E-state index < -0.39 is 0 Å². The molecule has 0 aliphatic rings. The van der Waals surface area contributed by atoms with Crippen LogP contribution in [0.1, 0.15) is 71.4 Å². The lowest BCUT2D eigenvalue weighted by Crippen LogP contribution is -2.19. The normalized spacial score (nSPS) is 13.9. The summed E-state index contributed by atoms with van der Waals surface area (Å²) in [5, 5.41) is 0. The van der Waals surface area contributed by atoms with Gasteiger partial charge in [-0.15, -0.1) is 6.58 Å². The van der Waals surface area contributed by atoms with Crippen molar-refractivity contribution in [3.8, 4) is 11.5 Å². The van der Waals surface area contributed by atoms with Crippen molar-refractivity contribution in [1.29, 1.82) is 0 Å². The van der Waals surface area contributed by atoms with E-state index in [1.165, 1.54) is 5.57 Å². The van der Waals surface area contributed by atoms with Crippen molar-refractivity contribution in [3.63, 3.8) is 0 Å². The zero-order valence-electron chi connectivity index (χ0n) is 36.3. The molecular formula is C46H72O11. The van der Waals surface area contributed by atoms with Crippen LogP contribution in [0, 0.1) is 11.8 Å². The van der Waals surface area contributed by atoms with Crippen LogP contribution in [0.15, 0.2) is 84.5 Å². The quantitative estimate of drug-likeness (QED) is 0.0402. The van der Waals surface area contributed by atoms with Gasteiger partial charge in [0.15, 0.2) is 0 Å². The van der Waals surface area contributed by atoms with Crippen LogP contribution in [0.25, 0.3) is 0 Å². The molecule has 2 aromatic carbocycles. The summed E-state index contributed by atoms with van der Waals surface area (Å²) in [6.45, 7) is 18.8. The SMILES string of the molecule is C=CC[C@H](OCc1ccc(OC)cc1)/C(C)=C\[C@@H](CC)COCOCCOC.CC[C@H](/C=C(/C)[C@H](CC(C)=O)OCc1ccc(OC)cc1)COCOCCOC. The first-order valence-corrected chi connectivity index (χ1v) is 19.9. The largest absolute Gasteiger partial charge is 0.497 e. The minimum atomic E-state index is -0.249. The Balaban J connectivity index is 0.000000570. The highest BCUT2D eigenvalue weighted by molar-refractivity contribution is 5.76. The van der Waals surface area contributed by atoms with Crippen LogP contribution < -0.4 is 9.47 Å². The second kappa shape index (κ2) is 33.6. The number of benzene rings is 2. The van der Waals surface area contributed by atoms with Gasteiger partial charge >= 0.3 is 0 Å². The zero-order chi connectivity index (χ0) is 42.1. The van der Waals surface area contributed by atoms with Gasteiger partial charge in [-0.3, -0.25) is 4.79 Å². The van der Waals surface area contributed by atoms with E-state index in [9.17, 15) is 4.79 Å². The number of methoxy groups -OCH3 is 4. The van der Waals surface area contributed by atoms with Gasteiger partial charge in [-0.05, 0) is 86.6 Å². The molecule has 0 bridgehead atoms. The average molecular weight is 801 g/mol. The van der Waals surface area contributed by atoms with Crippen LogP contribution in [-0.4, -0.2) is 99.7 Å². The Labute approximate surface area is 343 Å². The van der Waals surface area contributed by atoms with Crippen LogP contribution in [0.2, 0.25) is 0 Å². The number of carbonyl (C=O) groups is 1. The standard InChI is InChI=1S/C23H36O6.C23H36O5/c1-6-20(15-28-17-27-12-11-25-4)13-18(2)23(14-19(3)24)29-16-21-7-9-22(26-5)10-8-21;1-6-8-23(28-17-21-9-11-22(25-5)12-10-21)19(3)15-20(7-2)16-27-18-26-14-13-24-4/h7-10,13,20,23H,6,11-12,14-17H2,1-5H3;6,9-12,15,20,23H,1,7-8,13-14,16-18H2,2-5H3/b18-13-;19-15-/t2*20-,23+/m11/s1. The molecule has 0 aliphatic carbocycles. The molecule has 0 radical (unpaired) electrons. The molecule has 11 nitrogen and oxygen atoms in total. The molecule has 57 heavy (non-hydrogen) atoms. The van der Waals surface area contributed by atoms with Crippen molar-refractivity contribution in [2.75, 3.05) is 81.7 Å². The third-order valence-electron chi connectivity index (χ3n) is 9.00. The Morgan fingerprint density at radius 2 is 1.04 bits per heavy atom. The van der Waals surface area contributed by atoms with Crippen molar-refractivity contribution in [2.45, 2.75) is 85.7 Å². The fourth-order valence-corrected chi connectivity index (χ4v) is 5.43. The summed E-state index contributed by atoms with van der Waals surface area (Å²) < 4.78 is 54.4. The number of ketones is 1. The summed E-state index contributed by atoms with van der Waals surface area (Å²) in [7, 11) is 6.60. The smallest absolute Gasteiger partial charge is 0.146 e. The molecule has 0 heterocycles. The van der Waals surface area contributed by atoms with E-state index in [1.807, 2.05) is 61.5 Å². The Morgan fingerprint density at radius 1 is 0.614 bits per heavy atom. The molecule has 2 aromatic rings. The highest BCUT2D eigenvalue weighted by Crippen LogP contribution is 2.21. The lowest BCUT2D eigenvalue weighted by atomic mass is 9.99. The van der Waals surface area contributed by atoms with Crippen molar-refractivity contribution >= 4 is 5.78 Å². The second-order valence-electron chi connectivity index (χ2n) is 13.7. The van der Waals surface area contributed by atoms with Crippen molar-refractivity contribution in [1.82, 2.24) is 0 Å². The lowest BCUT2D eigenvalue weighted by molar-refractivity contribution is -0.119. The maximum atomic E-state index is 11.7. The van der Waals surface area contributed by atoms with E-state index >= 15 is 0 Å². The van der Waals surface area contributed by atoms with E-state index in [2.05, 4.69) is 39.5 Å². The fourth-order valence-electron chi connectivity index (χ4n) is 5.43. The van der Waals surface area contributed by atoms with Gasteiger partial charge in [0.25, 0.3) is 0 Å². The van der Waals surface area contributed by atoms with Crippen LogP contribution in [0.3, 0.4) is 0 Å². The van der Waals surface area contributed by atoms with Gasteiger partial charge in [0.2, 0.25) is 0 Å². The summed E-state index contributed by atoms with van der Waals surface area (Å²) in [5.41, 5.74) is 4.40. The van der Waals surface area contributed by atoms with Crippen molar-refractivity contribution < 1.29 is 52.2 Å². The molecule has 0 aliphatic heterocycles. The van der Waals surface area contributed by atoms with Gasteiger partial charge in [-0.2, -0.15) is 0 Å². The molecule has 0 spiro atoms. The van der Waals surface area contributed by atoms with Crippen molar-refractivity contribution in [2.24, 2.45) is 11.8 Å². The van der Waals surface area contributed by atoms with Crippen LogP contribution in [0.4, 0.5) is 0 Å². The van der Waals surface area contributed by atoms with Crippen LogP contribution in [-0.2, 0) is 55.9 Å². The summed E-state index contributed by atoms with van der Waals surface area (Å²) in [5.74, 6) is 2.32. The molecule has 0 saturated heterocycles. The highest BCUT2D eigenvalue weighted by Gasteiger charge is 2.17. The number of ether oxygens (including phenoxy) is 10. The number of hydrogen-bond acceptors (Lipinski definition) is 11. The minimum Gasteiger partial charge on any atom is -0.497 e. The number of hydrogen-bond donors (Lipinski definition) is 0. The predicted molar refractivity (Wildman–Crippen MR) is 226 cm³/mol. The first-order valence-electron chi connectivity index (χ1n) is 19.9. The first-order chi connectivity index (χ1) is 27.6. The average Bonchev–Trinajstić information content (AvgIpc) is 3.22. The van der Waals surface area contributed by atoms with Crippen LogP contribution in [0.5, 0.6) is 11.5 Å². The molecule has 0 aromatic heterocycles. The van der Waals surface area contributed by atoms with Gasteiger partial charge in [0.05, 0.1) is 79.3 Å². The van der Waals surface area contributed by atoms with E-state index in [1.54, 1.807) is 35.4 Å². The Hall–Kier alpha value is -3.39. The van der Waals surface area contributed by atoms with Gasteiger partial charge in [0.1, 0.15) is 30.9 Å². The van der Waals surface area contributed by atoms with E-state index in [0.29, 0.717) is 65.2 Å². The molecule has 0 N–H and O–H groups in total. The summed E-state index contributed by atoms with van der Waals surface area (Å²) in [4.78, 5) is 11.7. The number of rotatable bonds is 32. The maximum absolute atomic E-state index is 11.7. The van der Waals surface area contributed by atoms with Gasteiger partial charge in [0, 0.05) is 32.5 Å². The Kier molecular flexibility index (Phi) is 30.4. The number of carbonyl (C=O) groups excluding carboxylic acids is 1. The van der Waals surface area contributed by atoms with Gasteiger partial charge in [-0.1, -0.05) is 56.3 Å². The van der Waals surface area contributed by atoms with Crippen molar-refractivity contribution in [3.05, 3.63) is 95.6 Å². The lowest BCUT2D eigenvalue weighted by Gasteiger charge is -2.20. The van der Waals surface area contributed by atoms with E-state index in [0.717, 1.165) is 47.5 Å². The minimum absolute atomic E-state index is 0.00612. The molecule has 11 heteroatoms. The Morgan fingerprint density at radius 3 is 1.40 bits per heavy atom. The highest BCUT2D eigenvalue weighted by atomic mass is 16.7. The maximum Gasteiger partial charge on any atom is 0.146 e. The zero-order valence-corrected chi connectivity index (χ0v) is 36.3. The molecule has 4 atom stereocenters. The molecule has 0 unspecified atom stereocenters. The fraction of sp³-hybridized carbons (Fsp3) is 0.587. The monoisotopic (exact) mass is 801 g/mol. The molecule has 0 amide bonds. The molecule has 0 fully saturated rings. The van der Waals surface area contributed by atoms with E-state index in [4.69, 9.17) is 47.4 Å². The first kappa shape index (κ1) is 51.6. The summed E-state index contributed by atoms with van der Waals surface area (Å²) in [6, 6.07) is 15.7. The molecular weight excluding hydrogens is 728 g/mol. The van der Waals surface area contributed by atoms with E-state index in [-0.39, 0.29) is 37.5 Å². The number of Topliss-reactive ketones (excluding diaryl/α,β-unsaturated/α-hetero) is 1. The second-order valence-corrected chi connectivity index (χ2v) is 13.7. The van der Waals surface area contributed by atoms with Gasteiger partial charge < -0.3 is 47.4 Å². The summed E-state index contributed by atoms with van der Waals surface area (Å²) in [6.07, 6.45) is 9.11. The molecule has 0 saturated carbocycles. The topological polar surface area (TPSA) is 109 Å². The van der Waals surface area contributed by atoms with Crippen LogP contribution >= 0.6 is 0 Å². The summed E-state index contributed by atoms with van der Waals surface area (Å²) >= 11 is 0. The van der Waals surface area contributed by atoms with Gasteiger partial charge in [-0.25, -0.2) is 0 Å².